The van der Waals surface area contributed by atoms with Gasteiger partial charge >= 0.3 is 5.97 Å². The van der Waals surface area contributed by atoms with Gasteiger partial charge in [0.05, 0.1) is 22.8 Å². The Kier molecular flexibility index (Phi) is 7.23. The van der Waals surface area contributed by atoms with Gasteiger partial charge in [-0.1, -0.05) is 23.7 Å². The largest absolute Gasteiger partial charge is 0.462 e. The number of ether oxygens (including phenoxy) is 1. The summed E-state index contributed by atoms with van der Waals surface area (Å²) in [5.41, 5.74) is 0.702. The third kappa shape index (κ3) is 5.29. The molecular formula is C24H20ClN5O6S. The minimum Gasteiger partial charge on any atom is -0.462 e. The molecule has 2 aromatic carbocycles. The van der Waals surface area contributed by atoms with Crippen molar-refractivity contribution < 1.29 is 27.5 Å². The summed E-state index contributed by atoms with van der Waals surface area (Å²) < 4.78 is 32.6. The fourth-order valence-corrected chi connectivity index (χ4v) is 4.58. The van der Waals surface area contributed by atoms with E-state index in [1.807, 2.05) is 0 Å². The predicted molar refractivity (Wildman–Crippen MR) is 135 cm³/mol. The monoisotopic (exact) mass is 541 g/mol. The molecule has 0 atom stereocenters. The van der Waals surface area contributed by atoms with Crippen molar-refractivity contribution in [3.63, 3.8) is 0 Å². The molecule has 1 aromatic heterocycles. The molecule has 1 aliphatic heterocycles. The third-order valence-corrected chi connectivity index (χ3v) is 6.82. The highest BCUT2D eigenvalue weighted by Crippen LogP contribution is 2.32. The molecule has 0 radical (unpaired) electrons. The molecule has 0 bridgehead atoms. The molecule has 0 saturated carbocycles. The third-order valence-electron chi connectivity index (χ3n) is 5.12. The second-order valence-electron chi connectivity index (χ2n) is 7.65. The van der Waals surface area contributed by atoms with Gasteiger partial charge in [-0.05, 0) is 56.3 Å². The van der Waals surface area contributed by atoms with Gasteiger partial charge < -0.3 is 10.1 Å². The molecule has 2 heterocycles. The van der Waals surface area contributed by atoms with Crippen LogP contribution in [0.4, 0.5) is 17.3 Å². The number of amides is 2. The number of imide groups is 1. The number of rotatable bonds is 8. The summed E-state index contributed by atoms with van der Waals surface area (Å²) in [5, 5.41) is 2.37. The zero-order valence-corrected chi connectivity index (χ0v) is 21.1. The highest BCUT2D eigenvalue weighted by atomic mass is 35.5. The van der Waals surface area contributed by atoms with E-state index < -0.39 is 32.8 Å². The first-order chi connectivity index (χ1) is 17.6. The Morgan fingerprint density at radius 1 is 1.05 bits per heavy atom. The maximum absolute atomic E-state index is 13.1. The molecule has 0 saturated heterocycles. The Morgan fingerprint density at radius 2 is 1.76 bits per heavy atom. The Labute approximate surface area is 217 Å². The molecule has 0 aliphatic carbocycles. The highest BCUT2D eigenvalue weighted by Gasteiger charge is 2.40. The van der Waals surface area contributed by atoms with E-state index in [4.69, 9.17) is 16.3 Å². The Morgan fingerprint density at radius 3 is 2.43 bits per heavy atom. The van der Waals surface area contributed by atoms with Crippen LogP contribution in [0.1, 0.15) is 23.0 Å². The Balaban J connectivity index is 1.55. The molecule has 2 N–H and O–H groups in total. The van der Waals surface area contributed by atoms with E-state index >= 15 is 0 Å². The first-order valence-corrected chi connectivity index (χ1v) is 12.7. The summed E-state index contributed by atoms with van der Waals surface area (Å²) in [6.07, 6.45) is 1.43. The number of anilines is 3. The lowest BCUT2D eigenvalue weighted by Crippen LogP contribution is -2.33. The molecule has 11 nitrogen and oxygen atoms in total. The number of nitrogens with one attached hydrogen (secondary N) is 2. The van der Waals surface area contributed by atoms with Crippen molar-refractivity contribution in [2.45, 2.75) is 18.7 Å². The zero-order valence-electron chi connectivity index (χ0n) is 19.6. The molecule has 190 valence electrons. The van der Waals surface area contributed by atoms with Crippen LogP contribution < -0.4 is 14.9 Å². The molecule has 4 rings (SSSR count). The average molecular weight is 542 g/mol. The van der Waals surface area contributed by atoms with Gasteiger partial charge in [0.1, 0.15) is 10.7 Å². The minimum atomic E-state index is -3.98. The number of aromatic nitrogens is 2. The van der Waals surface area contributed by atoms with Crippen molar-refractivity contribution in [3.05, 3.63) is 82.8 Å². The van der Waals surface area contributed by atoms with Crippen molar-refractivity contribution in [1.82, 2.24) is 9.97 Å². The van der Waals surface area contributed by atoms with E-state index in [1.165, 1.54) is 42.6 Å². The summed E-state index contributed by atoms with van der Waals surface area (Å²) in [6, 6.07) is 13.0. The number of para-hydroxylation sites is 1. The smallest absolute Gasteiger partial charge is 0.340 e. The van der Waals surface area contributed by atoms with E-state index in [1.54, 1.807) is 32.0 Å². The van der Waals surface area contributed by atoms with Gasteiger partial charge in [0.15, 0.2) is 0 Å². The molecule has 2 amide bonds. The second kappa shape index (κ2) is 10.4. The summed E-state index contributed by atoms with van der Waals surface area (Å²) in [7, 11) is -3.98. The Hall–Kier alpha value is -4.29. The fraction of sp³-hybridized carbons (Fsp3) is 0.125. The first kappa shape index (κ1) is 25.8. The highest BCUT2D eigenvalue weighted by molar-refractivity contribution is 7.92. The number of benzene rings is 2. The van der Waals surface area contributed by atoms with Crippen LogP contribution in [0.5, 0.6) is 0 Å². The van der Waals surface area contributed by atoms with Crippen LogP contribution in [0.25, 0.3) is 0 Å². The topological polar surface area (TPSA) is 148 Å². The summed E-state index contributed by atoms with van der Waals surface area (Å²) in [6.45, 7) is 3.45. The van der Waals surface area contributed by atoms with E-state index in [9.17, 15) is 22.8 Å². The zero-order chi connectivity index (χ0) is 26.7. The van der Waals surface area contributed by atoms with Crippen molar-refractivity contribution in [2.24, 2.45) is 0 Å². The second-order valence-corrected chi connectivity index (χ2v) is 9.71. The van der Waals surface area contributed by atoms with E-state index in [0.29, 0.717) is 11.4 Å². The summed E-state index contributed by atoms with van der Waals surface area (Å²) >= 11 is 6.19. The molecular weight excluding hydrogens is 522 g/mol. The van der Waals surface area contributed by atoms with Gasteiger partial charge in [-0.2, -0.15) is 0 Å². The van der Waals surface area contributed by atoms with E-state index in [0.717, 1.165) is 4.90 Å². The molecule has 3 aromatic rings. The van der Waals surface area contributed by atoms with Crippen molar-refractivity contribution in [1.29, 1.82) is 0 Å². The van der Waals surface area contributed by atoms with E-state index in [-0.39, 0.29) is 34.4 Å². The number of halogens is 1. The minimum absolute atomic E-state index is 0.0245. The average Bonchev–Trinajstić information content (AvgIpc) is 3.07. The quantitative estimate of drug-likeness (QED) is 0.324. The number of aryl methyl sites for hydroxylation is 1. The van der Waals surface area contributed by atoms with Crippen molar-refractivity contribution in [3.8, 4) is 0 Å². The van der Waals surface area contributed by atoms with Crippen molar-refractivity contribution in [2.75, 3.05) is 21.5 Å². The SMILES string of the molecule is CCOC(=O)c1ccccc1N1C(=O)C(Cl)=C(Nc2ccc(S(=O)(=O)Nc3nccc(C)n3)cc2)C1=O. The number of hydrogen-bond donors (Lipinski definition) is 2. The van der Waals surface area contributed by atoms with Crippen LogP contribution in [0, 0.1) is 6.92 Å². The lowest BCUT2D eigenvalue weighted by molar-refractivity contribution is -0.120. The van der Waals surface area contributed by atoms with Crippen LogP contribution in [0.15, 0.2) is 76.4 Å². The standard InChI is InChI=1S/C24H20ClN5O6S/c1-3-36-23(33)17-6-4-5-7-18(17)30-21(31)19(25)20(22(30)32)28-15-8-10-16(11-9-15)37(34,35)29-24-26-13-12-14(2)27-24/h4-13,28H,3H2,1-2H3,(H,26,27,29). The van der Waals surface area contributed by atoms with E-state index in [2.05, 4.69) is 20.0 Å². The lowest BCUT2D eigenvalue weighted by atomic mass is 10.1. The number of carbonyl (C=O) groups excluding carboxylic acids is 3. The summed E-state index contributed by atoms with van der Waals surface area (Å²) in [5.74, 6) is -2.38. The maximum Gasteiger partial charge on any atom is 0.340 e. The molecule has 0 fully saturated rings. The van der Waals surface area contributed by atoms with Crippen LogP contribution in [0.2, 0.25) is 0 Å². The van der Waals surface area contributed by atoms with Gasteiger partial charge in [0, 0.05) is 17.6 Å². The lowest BCUT2D eigenvalue weighted by Gasteiger charge is -2.18. The predicted octanol–water partition coefficient (Wildman–Crippen LogP) is 3.20. The summed E-state index contributed by atoms with van der Waals surface area (Å²) in [4.78, 5) is 46.9. The molecule has 0 unspecified atom stereocenters. The molecule has 37 heavy (non-hydrogen) atoms. The fourth-order valence-electron chi connectivity index (χ4n) is 3.42. The van der Waals surface area contributed by atoms with Crippen LogP contribution in [0.3, 0.4) is 0 Å². The number of nitrogens with zero attached hydrogens (tertiary/aromatic N) is 3. The van der Waals surface area contributed by atoms with Gasteiger partial charge in [0.25, 0.3) is 21.8 Å². The number of esters is 1. The first-order valence-electron chi connectivity index (χ1n) is 10.9. The van der Waals surface area contributed by atoms with Crippen LogP contribution >= 0.6 is 11.6 Å². The number of carbonyl (C=O) groups is 3. The van der Waals surface area contributed by atoms with Crippen molar-refractivity contribution >= 4 is 56.7 Å². The van der Waals surface area contributed by atoms with Gasteiger partial charge in [-0.15, -0.1) is 0 Å². The Bertz CT molecular complexity index is 1540. The molecule has 13 heteroatoms. The maximum atomic E-state index is 13.1. The normalized spacial score (nSPS) is 13.6. The van der Waals surface area contributed by atoms with Crippen LogP contribution in [-0.2, 0) is 24.3 Å². The van der Waals surface area contributed by atoms with Crippen LogP contribution in [-0.4, -0.2) is 42.8 Å². The van der Waals surface area contributed by atoms with Gasteiger partial charge in [-0.3, -0.25) is 9.59 Å². The molecule has 1 aliphatic rings. The van der Waals surface area contributed by atoms with Gasteiger partial charge in [0.2, 0.25) is 5.95 Å². The number of hydrogen-bond acceptors (Lipinski definition) is 9. The number of sulfonamides is 1. The van der Waals surface area contributed by atoms with Gasteiger partial charge in [-0.25, -0.2) is 32.8 Å². The molecule has 0 spiro atoms.